The number of hydrogen-bond acceptors (Lipinski definition) is 1. The van der Waals surface area contributed by atoms with Crippen molar-refractivity contribution in [2.24, 2.45) is 4.99 Å². The summed E-state index contributed by atoms with van der Waals surface area (Å²) in [6.07, 6.45) is 5.56. The Labute approximate surface area is 50.1 Å². The van der Waals surface area contributed by atoms with Gasteiger partial charge in [-0.05, 0) is 25.3 Å². The molecule has 0 atom stereocenters. The molecule has 0 spiro atoms. The van der Waals surface area contributed by atoms with Crippen molar-refractivity contribution >= 4 is 5.71 Å². The van der Waals surface area contributed by atoms with Gasteiger partial charge in [0.15, 0.2) is 0 Å². The monoisotopic (exact) mass is 109 g/mol. The number of allylic oxidation sites excluding steroid dienone is 1. The fourth-order valence-corrected chi connectivity index (χ4v) is 0.886. The Kier molecular flexibility index (Phi) is 1.84. The molecule has 1 nitrogen and oxygen atoms in total. The zero-order valence-corrected chi connectivity index (χ0v) is 5.06. The first-order chi connectivity index (χ1) is 3.93. The van der Waals surface area contributed by atoms with Crippen LogP contribution in [0.5, 0.6) is 0 Å². The summed E-state index contributed by atoms with van der Waals surface area (Å²) in [6, 6.07) is 0. The fraction of sp³-hybridized carbons (Fsp3) is 0.571. The minimum atomic E-state index is 1.02. The Balaban J connectivity index is 2.49. The van der Waals surface area contributed by atoms with Gasteiger partial charge in [-0.15, -0.1) is 0 Å². The van der Waals surface area contributed by atoms with Gasteiger partial charge in [-0.25, -0.2) is 0 Å². The third-order valence-corrected chi connectivity index (χ3v) is 1.39. The van der Waals surface area contributed by atoms with E-state index >= 15 is 0 Å². The molecule has 0 saturated carbocycles. The maximum atomic E-state index is 4.25. The first-order valence-corrected chi connectivity index (χ1v) is 3.09. The Bertz CT molecular complexity index is 114. The molecule has 1 heterocycles. The lowest BCUT2D eigenvalue weighted by molar-refractivity contribution is 0.740. The van der Waals surface area contributed by atoms with Crippen molar-refractivity contribution in [2.45, 2.75) is 19.3 Å². The summed E-state index contributed by atoms with van der Waals surface area (Å²) < 4.78 is 0. The van der Waals surface area contributed by atoms with Gasteiger partial charge in [0.05, 0.1) is 0 Å². The highest BCUT2D eigenvalue weighted by Crippen LogP contribution is 2.05. The Morgan fingerprint density at radius 3 is 2.75 bits per heavy atom. The Morgan fingerprint density at radius 2 is 2.38 bits per heavy atom. The number of aliphatic imine (C=N–C) groups is 1. The van der Waals surface area contributed by atoms with E-state index in [2.05, 4.69) is 11.6 Å². The summed E-state index contributed by atoms with van der Waals surface area (Å²) >= 11 is 0. The van der Waals surface area contributed by atoms with Crippen molar-refractivity contribution < 1.29 is 0 Å². The molecule has 0 N–H and O–H groups in total. The summed E-state index contributed by atoms with van der Waals surface area (Å²) in [5.74, 6) is 0. The van der Waals surface area contributed by atoms with Gasteiger partial charge in [0.2, 0.25) is 0 Å². The molecule has 1 heteroatoms. The summed E-state index contributed by atoms with van der Waals surface area (Å²) in [5, 5.41) is 0. The molecular formula is C7H11N. The van der Waals surface area contributed by atoms with E-state index in [-0.39, 0.29) is 0 Å². The van der Waals surface area contributed by atoms with Crippen molar-refractivity contribution in [3.05, 3.63) is 12.7 Å². The van der Waals surface area contributed by atoms with Crippen LogP contribution >= 0.6 is 0 Å². The quantitative estimate of drug-likeness (QED) is 0.487. The van der Waals surface area contributed by atoms with E-state index in [1.807, 2.05) is 6.08 Å². The van der Waals surface area contributed by atoms with Crippen molar-refractivity contribution in [2.75, 3.05) is 6.54 Å². The van der Waals surface area contributed by atoms with Gasteiger partial charge < -0.3 is 0 Å². The van der Waals surface area contributed by atoms with Crippen LogP contribution < -0.4 is 0 Å². The maximum absolute atomic E-state index is 4.25. The van der Waals surface area contributed by atoms with Gasteiger partial charge in [0.1, 0.15) is 0 Å². The van der Waals surface area contributed by atoms with Crippen LogP contribution in [0.25, 0.3) is 0 Å². The van der Waals surface area contributed by atoms with E-state index in [0.29, 0.717) is 0 Å². The van der Waals surface area contributed by atoms with Gasteiger partial charge in [0, 0.05) is 12.3 Å². The molecule has 0 aromatic carbocycles. The lowest BCUT2D eigenvalue weighted by atomic mass is 10.1. The molecule has 0 aliphatic carbocycles. The maximum Gasteiger partial charge on any atom is 0.0392 e. The van der Waals surface area contributed by atoms with Crippen LogP contribution in [0.1, 0.15) is 19.3 Å². The van der Waals surface area contributed by atoms with Crippen LogP contribution in [0.3, 0.4) is 0 Å². The molecular weight excluding hydrogens is 98.1 g/mol. The molecule has 8 heavy (non-hydrogen) atoms. The molecule has 0 bridgehead atoms. The van der Waals surface area contributed by atoms with E-state index in [1.165, 1.54) is 18.6 Å². The van der Waals surface area contributed by atoms with Gasteiger partial charge in [-0.3, -0.25) is 4.99 Å². The van der Waals surface area contributed by atoms with Crippen molar-refractivity contribution in [1.82, 2.24) is 0 Å². The molecule has 0 unspecified atom stereocenters. The van der Waals surface area contributed by atoms with E-state index in [9.17, 15) is 0 Å². The summed E-state index contributed by atoms with van der Waals surface area (Å²) in [5.41, 5.74) is 1.19. The van der Waals surface area contributed by atoms with Gasteiger partial charge in [-0.1, -0.05) is 6.58 Å². The molecule has 0 fully saturated rings. The molecule has 1 aliphatic rings. The largest absolute Gasteiger partial charge is 0.290 e. The Morgan fingerprint density at radius 1 is 1.50 bits per heavy atom. The first kappa shape index (κ1) is 5.54. The second-order valence-electron chi connectivity index (χ2n) is 2.03. The highest BCUT2D eigenvalue weighted by molar-refractivity contribution is 5.94. The third kappa shape index (κ3) is 1.19. The van der Waals surface area contributed by atoms with E-state index in [4.69, 9.17) is 0 Å². The molecule has 0 amide bonds. The fourth-order valence-electron chi connectivity index (χ4n) is 0.886. The Hall–Kier alpha value is -0.590. The highest BCUT2D eigenvalue weighted by Gasteiger charge is 1.98. The third-order valence-electron chi connectivity index (χ3n) is 1.39. The van der Waals surface area contributed by atoms with Gasteiger partial charge >= 0.3 is 0 Å². The van der Waals surface area contributed by atoms with E-state index < -0.39 is 0 Å². The molecule has 0 aromatic rings. The van der Waals surface area contributed by atoms with E-state index in [0.717, 1.165) is 13.0 Å². The zero-order chi connectivity index (χ0) is 5.82. The number of rotatable bonds is 1. The predicted octanol–water partition coefficient (Wildman–Crippen LogP) is 1.80. The molecule has 0 saturated heterocycles. The van der Waals surface area contributed by atoms with Crippen molar-refractivity contribution in [1.29, 1.82) is 0 Å². The molecule has 44 valence electrons. The average Bonchev–Trinajstić information content (AvgIpc) is 1.90. The van der Waals surface area contributed by atoms with Crippen LogP contribution in [0.15, 0.2) is 17.6 Å². The van der Waals surface area contributed by atoms with Crippen molar-refractivity contribution in [3.8, 4) is 0 Å². The topological polar surface area (TPSA) is 12.4 Å². The molecule has 0 aromatic heterocycles. The van der Waals surface area contributed by atoms with Crippen LogP contribution in [-0.4, -0.2) is 12.3 Å². The van der Waals surface area contributed by atoms with Gasteiger partial charge in [-0.2, -0.15) is 0 Å². The van der Waals surface area contributed by atoms with Crippen molar-refractivity contribution in [3.63, 3.8) is 0 Å². The zero-order valence-electron chi connectivity index (χ0n) is 5.06. The van der Waals surface area contributed by atoms with Crippen LogP contribution in [-0.2, 0) is 0 Å². The second kappa shape index (κ2) is 2.65. The lowest BCUT2D eigenvalue weighted by Gasteiger charge is -2.05. The standard InChI is InChI=1S/C7H11N/c1-2-7-5-3-4-6-8-7/h2H,1,3-6H2. The number of hydrogen-bond donors (Lipinski definition) is 0. The van der Waals surface area contributed by atoms with Crippen LogP contribution in [0.4, 0.5) is 0 Å². The second-order valence-corrected chi connectivity index (χ2v) is 2.03. The molecule has 1 rings (SSSR count). The molecule has 0 radical (unpaired) electrons. The summed E-state index contributed by atoms with van der Waals surface area (Å²) in [7, 11) is 0. The minimum Gasteiger partial charge on any atom is -0.290 e. The lowest BCUT2D eigenvalue weighted by Crippen LogP contribution is -2.01. The smallest absolute Gasteiger partial charge is 0.0392 e. The van der Waals surface area contributed by atoms with Gasteiger partial charge in [0.25, 0.3) is 0 Å². The normalized spacial score (nSPS) is 19.8. The van der Waals surface area contributed by atoms with Crippen LogP contribution in [0.2, 0.25) is 0 Å². The average molecular weight is 109 g/mol. The number of nitrogens with zero attached hydrogens (tertiary/aromatic N) is 1. The summed E-state index contributed by atoms with van der Waals surface area (Å²) in [6.45, 7) is 4.67. The SMILES string of the molecule is C=CC1=NCCCC1. The first-order valence-electron chi connectivity index (χ1n) is 3.09. The van der Waals surface area contributed by atoms with Crippen LogP contribution in [0, 0.1) is 0 Å². The minimum absolute atomic E-state index is 1.02. The summed E-state index contributed by atoms with van der Waals surface area (Å²) in [4.78, 5) is 4.25. The highest BCUT2D eigenvalue weighted by atomic mass is 14.7. The predicted molar refractivity (Wildman–Crippen MR) is 36.4 cm³/mol. The molecule has 1 aliphatic heterocycles. The van der Waals surface area contributed by atoms with E-state index in [1.54, 1.807) is 0 Å².